The zero-order valence-electron chi connectivity index (χ0n) is 11.4. The average molecular weight is 321 g/mol. The van der Waals surface area contributed by atoms with Crippen molar-refractivity contribution in [3.05, 3.63) is 0 Å². The first-order valence-electron chi connectivity index (χ1n) is 6.48. The highest BCUT2D eigenvalue weighted by atomic mass is 32.2. The van der Waals surface area contributed by atoms with Crippen LogP contribution < -0.4 is 16.4 Å². The summed E-state index contributed by atoms with van der Waals surface area (Å²) in [4.78, 5) is 33.3. The summed E-state index contributed by atoms with van der Waals surface area (Å²) in [7, 11) is -3.16. The van der Waals surface area contributed by atoms with Crippen LogP contribution in [-0.2, 0) is 19.4 Å². The van der Waals surface area contributed by atoms with Gasteiger partial charge < -0.3 is 21.5 Å². The summed E-state index contributed by atoms with van der Waals surface area (Å²) in [5, 5.41) is 13.6. The predicted molar refractivity (Wildman–Crippen MR) is 73.2 cm³/mol. The molecular weight excluding hydrogens is 302 g/mol. The minimum atomic E-state index is -3.16. The number of carbonyl (C=O) groups excluding carboxylic acids is 2. The SMILES string of the molecule is NC(=O)CCC(NC(=O)NC1CCCS(=O)(=O)C1)C(=O)O. The molecule has 0 saturated carbocycles. The Morgan fingerprint density at radius 1 is 1.33 bits per heavy atom. The van der Waals surface area contributed by atoms with Crippen LogP contribution in [0.15, 0.2) is 0 Å². The molecule has 120 valence electrons. The van der Waals surface area contributed by atoms with Crippen molar-refractivity contribution >= 4 is 27.7 Å². The molecule has 21 heavy (non-hydrogen) atoms. The number of nitrogens with one attached hydrogen (secondary N) is 2. The molecule has 0 aromatic heterocycles. The number of amides is 3. The second-order valence-corrected chi connectivity index (χ2v) is 7.20. The van der Waals surface area contributed by atoms with E-state index in [0.717, 1.165) is 0 Å². The van der Waals surface area contributed by atoms with Crippen LogP contribution in [0.4, 0.5) is 4.79 Å². The standard InChI is InChI=1S/C11H19N3O6S/c12-9(15)4-3-8(10(16)17)14-11(18)13-7-2-1-5-21(19,20)6-7/h7-8H,1-6H2,(H2,12,15)(H,16,17)(H2,13,14,18). The Morgan fingerprint density at radius 2 is 2.00 bits per heavy atom. The Morgan fingerprint density at radius 3 is 2.52 bits per heavy atom. The Balaban J connectivity index is 2.50. The molecule has 5 N–H and O–H groups in total. The number of sulfone groups is 1. The number of aliphatic carboxylic acids is 1. The first-order chi connectivity index (χ1) is 9.69. The van der Waals surface area contributed by atoms with E-state index in [1.165, 1.54) is 0 Å². The molecule has 9 nitrogen and oxygen atoms in total. The third-order valence-corrected chi connectivity index (χ3v) is 4.90. The van der Waals surface area contributed by atoms with Crippen molar-refractivity contribution in [2.24, 2.45) is 5.73 Å². The molecule has 10 heteroatoms. The van der Waals surface area contributed by atoms with E-state index in [2.05, 4.69) is 10.6 Å². The van der Waals surface area contributed by atoms with Crippen molar-refractivity contribution in [3.63, 3.8) is 0 Å². The summed E-state index contributed by atoms with van der Waals surface area (Å²) in [5.41, 5.74) is 4.92. The molecule has 2 unspecified atom stereocenters. The maximum Gasteiger partial charge on any atom is 0.326 e. The molecule has 0 aromatic rings. The lowest BCUT2D eigenvalue weighted by molar-refractivity contribution is -0.139. The zero-order chi connectivity index (χ0) is 16.0. The Kier molecular flexibility index (Phi) is 5.94. The maximum absolute atomic E-state index is 11.7. The number of carboxylic acid groups (broad SMARTS) is 1. The molecular formula is C11H19N3O6S. The first kappa shape index (κ1) is 17.2. The molecule has 0 radical (unpaired) electrons. The Bertz CT molecular complexity index is 518. The predicted octanol–water partition coefficient (Wildman–Crippen LogP) is -1.42. The van der Waals surface area contributed by atoms with Crippen LogP contribution in [-0.4, -0.2) is 55.0 Å². The highest BCUT2D eigenvalue weighted by molar-refractivity contribution is 7.91. The summed E-state index contributed by atoms with van der Waals surface area (Å²) in [6, 6.07) is -2.55. The van der Waals surface area contributed by atoms with Crippen molar-refractivity contribution in [3.8, 4) is 0 Å². The molecule has 0 spiro atoms. The second kappa shape index (κ2) is 7.25. The lowest BCUT2D eigenvalue weighted by atomic mass is 10.1. The summed E-state index contributed by atoms with van der Waals surface area (Å²) in [6.07, 6.45) is 0.680. The Labute approximate surface area is 122 Å². The monoisotopic (exact) mass is 321 g/mol. The van der Waals surface area contributed by atoms with Crippen LogP contribution in [0.1, 0.15) is 25.7 Å². The summed E-state index contributed by atoms with van der Waals surface area (Å²) < 4.78 is 22.9. The normalized spacial score (nSPS) is 22.0. The van der Waals surface area contributed by atoms with Crippen LogP contribution >= 0.6 is 0 Å². The fourth-order valence-corrected chi connectivity index (χ4v) is 3.70. The van der Waals surface area contributed by atoms with E-state index in [-0.39, 0.29) is 24.3 Å². The number of rotatable bonds is 6. The van der Waals surface area contributed by atoms with Gasteiger partial charge in [0.15, 0.2) is 9.84 Å². The molecule has 2 atom stereocenters. The van der Waals surface area contributed by atoms with Gasteiger partial charge in [-0.15, -0.1) is 0 Å². The number of carbonyl (C=O) groups is 3. The van der Waals surface area contributed by atoms with Gasteiger partial charge in [-0.05, 0) is 19.3 Å². The van der Waals surface area contributed by atoms with Gasteiger partial charge in [-0.3, -0.25) is 4.79 Å². The van der Waals surface area contributed by atoms with E-state index in [4.69, 9.17) is 10.8 Å². The number of urea groups is 1. The van der Waals surface area contributed by atoms with E-state index in [1.54, 1.807) is 0 Å². The van der Waals surface area contributed by atoms with Gasteiger partial charge >= 0.3 is 12.0 Å². The maximum atomic E-state index is 11.7. The van der Waals surface area contributed by atoms with Crippen LogP contribution in [0.2, 0.25) is 0 Å². The van der Waals surface area contributed by atoms with Gasteiger partial charge in [0, 0.05) is 12.5 Å². The third kappa shape index (κ3) is 6.43. The van der Waals surface area contributed by atoms with Crippen molar-refractivity contribution in [2.75, 3.05) is 11.5 Å². The molecule has 0 aliphatic carbocycles. The lowest BCUT2D eigenvalue weighted by Gasteiger charge is -2.24. The average Bonchev–Trinajstić information content (AvgIpc) is 2.32. The van der Waals surface area contributed by atoms with Gasteiger partial charge in [-0.2, -0.15) is 0 Å². The number of carboxylic acids is 1. The van der Waals surface area contributed by atoms with Gasteiger partial charge in [-0.25, -0.2) is 18.0 Å². The zero-order valence-corrected chi connectivity index (χ0v) is 12.2. The lowest BCUT2D eigenvalue weighted by Crippen LogP contribution is -2.51. The molecule has 1 fully saturated rings. The fourth-order valence-electron chi connectivity index (χ4n) is 2.07. The van der Waals surface area contributed by atoms with Gasteiger partial charge in [-0.1, -0.05) is 0 Å². The van der Waals surface area contributed by atoms with E-state index in [1.807, 2.05) is 0 Å². The van der Waals surface area contributed by atoms with Crippen molar-refractivity contribution in [1.29, 1.82) is 0 Å². The third-order valence-electron chi connectivity index (χ3n) is 3.08. The number of nitrogens with two attached hydrogens (primary N) is 1. The quantitative estimate of drug-likeness (QED) is 0.470. The van der Waals surface area contributed by atoms with Gasteiger partial charge in [0.2, 0.25) is 5.91 Å². The van der Waals surface area contributed by atoms with Crippen molar-refractivity contribution in [1.82, 2.24) is 10.6 Å². The molecule has 0 aromatic carbocycles. The largest absolute Gasteiger partial charge is 0.480 e. The number of primary amides is 1. The van der Waals surface area contributed by atoms with Crippen LogP contribution in [0.3, 0.4) is 0 Å². The molecule has 3 amide bonds. The molecule has 1 saturated heterocycles. The van der Waals surface area contributed by atoms with E-state index in [9.17, 15) is 22.8 Å². The van der Waals surface area contributed by atoms with E-state index >= 15 is 0 Å². The van der Waals surface area contributed by atoms with E-state index < -0.39 is 39.8 Å². The van der Waals surface area contributed by atoms with Crippen LogP contribution in [0.25, 0.3) is 0 Å². The summed E-state index contributed by atoms with van der Waals surface area (Å²) in [6.45, 7) is 0. The highest BCUT2D eigenvalue weighted by Gasteiger charge is 2.27. The van der Waals surface area contributed by atoms with E-state index in [0.29, 0.717) is 12.8 Å². The fraction of sp³-hybridized carbons (Fsp3) is 0.727. The molecule has 1 aliphatic heterocycles. The summed E-state index contributed by atoms with van der Waals surface area (Å²) >= 11 is 0. The van der Waals surface area contributed by atoms with Crippen molar-refractivity contribution in [2.45, 2.75) is 37.8 Å². The Hall–Kier alpha value is -1.84. The number of hydrogen-bond donors (Lipinski definition) is 4. The van der Waals surface area contributed by atoms with Gasteiger partial charge in [0.05, 0.1) is 11.5 Å². The second-order valence-electron chi connectivity index (χ2n) is 4.97. The minimum absolute atomic E-state index is 0.100. The van der Waals surface area contributed by atoms with Gasteiger partial charge in [0.25, 0.3) is 0 Å². The van der Waals surface area contributed by atoms with Crippen LogP contribution in [0.5, 0.6) is 0 Å². The number of hydrogen-bond acceptors (Lipinski definition) is 5. The molecule has 1 rings (SSSR count). The smallest absolute Gasteiger partial charge is 0.326 e. The summed E-state index contributed by atoms with van der Waals surface area (Å²) in [5.74, 6) is -2.01. The van der Waals surface area contributed by atoms with Crippen LogP contribution in [0, 0.1) is 0 Å². The van der Waals surface area contributed by atoms with Crippen molar-refractivity contribution < 1.29 is 27.9 Å². The molecule has 1 heterocycles. The molecule has 1 aliphatic rings. The topological polar surface area (TPSA) is 156 Å². The molecule has 0 bridgehead atoms. The first-order valence-corrected chi connectivity index (χ1v) is 8.30. The highest BCUT2D eigenvalue weighted by Crippen LogP contribution is 2.11. The van der Waals surface area contributed by atoms with Gasteiger partial charge in [0.1, 0.15) is 6.04 Å². The minimum Gasteiger partial charge on any atom is -0.480 e.